The first kappa shape index (κ1) is 25.2. The van der Waals surface area contributed by atoms with Gasteiger partial charge in [0.15, 0.2) is 5.76 Å². The molecule has 0 amide bonds. The maximum Gasteiger partial charge on any atom is 0.329 e. The fraction of sp³-hybridized carbons (Fsp3) is 0.185. The minimum Gasteiger partial charge on any atom is -0.497 e. The molecule has 0 aliphatic carbocycles. The molecular weight excluding hydrogens is 482 g/mol. The van der Waals surface area contributed by atoms with E-state index in [0.29, 0.717) is 22.5 Å². The Morgan fingerprint density at radius 2 is 1.67 bits per heavy atom. The standard InChI is InChI=1S/C27H25NO7S/c1-16-14-17(2)23-22(15-16)34-25(19-10-12-20(33-4)13-11-19)26(24(23)29)35-27(30)18(3)28-36(31,32)21-8-6-5-7-9-21/h5-15,18,28H,1-4H3/t18-/m1/s1. The van der Waals surface area contributed by atoms with E-state index in [0.717, 1.165) is 5.56 Å². The summed E-state index contributed by atoms with van der Waals surface area (Å²) in [6.07, 6.45) is 0. The average Bonchev–Trinajstić information content (AvgIpc) is 2.85. The van der Waals surface area contributed by atoms with E-state index in [4.69, 9.17) is 13.9 Å². The van der Waals surface area contributed by atoms with Gasteiger partial charge in [-0.3, -0.25) is 4.79 Å². The van der Waals surface area contributed by atoms with Crippen molar-refractivity contribution < 1.29 is 27.1 Å². The summed E-state index contributed by atoms with van der Waals surface area (Å²) >= 11 is 0. The summed E-state index contributed by atoms with van der Waals surface area (Å²) in [5.41, 5.74) is 1.86. The number of aryl methyl sites for hydroxylation is 2. The highest BCUT2D eigenvalue weighted by atomic mass is 32.2. The van der Waals surface area contributed by atoms with Gasteiger partial charge in [-0.05, 0) is 74.4 Å². The minimum atomic E-state index is -3.99. The van der Waals surface area contributed by atoms with Crippen LogP contribution in [0.25, 0.3) is 22.3 Å². The number of rotatable bonds is 7. The van der Waals surface area contributed by atoms with Crippen molar-refractivity contribution in [2.75, 3.05) is 7.11 Å². The number of hydrogen-bond acceptors (Lipinski definition) is 7. The predicted octanol–water partition coefficient (Wildman–Crippen LogP) is 4.36. The number of nitrogens with one attached hydrogen (secondary N) is 1. The lowest BCUT2D eigenvalue weighted by Crippen LogP contribution is -2.41. The van der Waals surface area contributed by atoms with Crippen LogP contribution in [0.4, 0.5) is 0 Å². The third-order valence-electron chi connectivity index (χ3n) is 5.59. The second-order valence-corrected chi connectivity index (χ2v) is 10.1. The van der Waals surface area contributed by atoms with Crippen molar-refractivity contribution in [3.8, 4) is 22.8 Å². The molecule has 4 aromatic rings. The molecule has 1 atom stereocenters. The third-order valence-corrected chi connectivity index (χ3v) is 7.15. The predicted molar refractivity (Wildman–Crippen MR) is 136 cm³/mol. The van der Waals surface area contributed by atoms with Crippen molar-refractivity contribution in [3.63, 3.8) is 0 Å². The van der Waals surface area contributed by atoms with Gasteiger partial charge in [0.05, 0.1) is 17.4 Å². The van der Waals surface area contributed by atoms with Crippen LogP contribution < -0.4 is 19.6 Å². The molecule has 1 aromatic heterocycles. The van der Waals surface area contributed by atoms with E-state index >= 15 is 0 Å². The first-order valence-electron chi connectivity index (χ1n) is 11.1. The SMILES string of the molecule is COc1ccc(-c2oc3cc(C)cc(C)c3c(=O)c2OC(=O)[C@@H](C)NS(=O)(=O)c2ccccc2)cc1. The molecule has 0 bridgehead atoms. The molecule has 0 radical (unpaired) electrons. The highest BCUT2D eigenvalue weighted by Crippen LogP contribution is 2.33. The van der Waals surface area contributed by atoms with Crippen LogP contribution in [0.5, 0.6) is 11.5 Å². The van der Waals surface area contributed by atoms with E-state index in [1.165, 1.54) is 26.2 Å². The van der Waals surface area contributed by atoms with E-state index in [1.807, 2.05) is 13.0 Å². The molecule has 0 aliphatic rings. The Kier molecular flexibility index (Phi) is 6.96. The largest absolute Gasteiger partial charge is 0.497 e. The number of fused-ring (bicyclic) bond motifs is 1. The molecule has 1 heterocycles. The molecule has 0 saturated heterocycles. The van der Waals surface area contributed by atoms with Crippen LogP contribution in [0.3, 0.4) is 0 Å². The molecular formula is C27H25NO7S. The smallest absolute Gasteiger partial charge is 0.329 e. The molecule has 1 N–H and O–H groups in total. The van der Waals surface area contributed by atoms with Gasteiger partial charge in [0.1, 0.15) is 17.4 Å². The van der Waals surface area contributed by atoms with Crippen LogP contribution in [0.1, 0.15) is 18.1 Å². The van der Waals surface area contributed by atoms with Gasteiger partial charge in [-0.2, -0.15) is 4.72 Å². The highest BCUT2D eigenvalue weighted by Gasteiger charge is 2.27. The van der Waals surface area contributed by atoms with Gasteiger partial charge in [-0.1, -0.05) is 24.3 Å². The lowest BCUT2D eigenvalue weighted by atomic mass is 10.0. The summed E-state index contributed by atoms with van der Waals surface area (Å²) in [6.45, 7) is 4.99. The summed E-state index contributed by atoms with van der Waals surface area (Å²) in [5, 5.41) is 0.276. The third kappa shape index (κ3) is 5.02. The van der Waals surface area contributed by atoms with Gasteiger partial charge in [0.25, 0.3) is 0 Å². The zero-order chi connectivity index (χ0) is 26.0. The van der Waals surface area contributed by atoms with E-state index in [1.54, 1.807) is 55.5 Å². The Hall–Kier alpha value is -3.95. The molecule has 36 heavy (non-hydrogen) atoms. The molecule has 0 unspecified atom stereocenters. The number of methoxy groups -OCH3 is 1. The summed E-state index contributed by atoms with van der Waals surface area (Å²) in [7, 11) is -2.46. The molecule has 8 nitrogen and oxygen atoms in total. The van der Waals surface area contributed by atoms with Crippen LogP contribution in [0.15, 0.2) is 80.8 Å². The Morgan fingerprint density at radius 1 is 1.00 bits per heavy atom. The van der Waals surface area contributed by atoms with Crippen LogP contribution in [0, 0.1) is 13.8 Å². The van der Waals surface area contributed by atoms with Crippen LogP contribution in [0.2, 0.25) is 0 Å². The Balaban J connectivity index is 1.76. The summed E-state index contributed by atoms with van der Waals surface area (Å²) in [5.74, 6) is -0.640. The van der Waals surface area contributed by atoms with Crippen molar-refractivity contribution in [1.29, 1.82) is 0 Å². The van der Waals surface area contributed by atoms with Crippen molar-refractivity contribution in [2.45, 2.75) is 31.7 Å². The van der Waals surface area contributed by atoms with Gasteiger partial charge in [-0.25, -0.2) is 13.2 Å². The summed E-state index contributed by atoms with van der Waals surface area (Å²) in [4.78, 5) is 26.5. The zero-order valence-electron chi connectivity index (χ0n) is 20.2. The molecule has 186 valence electrons. The number of ether oxygens (including phenoxy) is 2. The monoisotopic (exact) mass is 507 g/mol. The quantitative estimate of drug-likeness (QED) is 0.370. The fourth-order valence-electron chi connectivity index (χ4n) is 3.84. The second-order valence-electron chi connectivity index (χ2n) is 8.35. The second kappa shape index (κ2) is 9.96. The van der Waals surface area contributed by atoms with Crippen LogP contribution in [-0.4, -0.2) is 27.5 Å². The first-order chi connectivity index (χ1) is 17.1. The van der Waals surface area contributed by atoms with Gasteiger partial charge < -0.3 is 13.9 Å². The normalized spacial score (nSPS) is 12.3. The van der Waals surface area contributed by atoms with E-state index in [-0.39, 0.29) is 21.8 Å². The molecule has 9 heteroatoms. The Bertz CT molecular complexity index is 1590. The van der Waals surface area contributed by atoms with E-state index in [9.17, 15) is 18.0 Å². The maximum atomic E-state index is 13.5. The van der Waals surface area contributed by atoms with Crippen molar-refractivity contribution in [2.24, 2.45) is 0 Å². The molecule has 0 saturated carbocycles. The maximum absolute atomic E-state index is 13.5. The van der Waals surface area contributed by atoms with Crippen molar-refractivity contribution in [3.05, 3.63) is 88.1 Å². The summed E-state index contributed by atoms with van der Waals surface area (Å²) in [6, 6.07) is 16.6. The van der Waals surface area contributed by atoms with Gasteiger partial charge in [0, 0.05) is 5.56 Å². The van der Waals surface area contributed by atoms with Crippen molar-refractivity contribution in [1.82, 2.24) is 4.72 Å². The van der Waals surface area contributed by atoms with Gasteiger partial charge in [0.2, 0.25) is 21.2 Å². The molecule has 3 aromatic carbocycles. The number of sulfonamides is 1. The number of benzene rings is 3. The topological polar surface area (TPSA) is 112 Å². The molecule has 0 aliphatic heterocycles. The number of esters is 1. The van der Waals surface area contributed by atoms with Crippen LogP contribution in [-0.2, 0) is 14.8 Å². The molecule has 4 rings (SSSR count). The highest BCUT2D eigenvalue weighted by molar-refractivity contribution is 7.89. The lowest BCUT2D eigenvalue weighted by Gasteiger charge is -2.16. The molecule has 0 spiro atoms. The lowest BCUT2D eigenvalue weighted by molar-refractivity contribution is -0.135. The number of hydrogen-bond donors (Lipinski definition) is 1. The number of carbonyl (C=O) groups excluding carboxylic acids is 1. The zero-order valence-corrected chi connectivity index (χ0v) is 21.0. The minimum absolute atomic E-state index is 0.000199. The summed E-state index contributed by atoms with van der Waals surface area (Å²) < 4.78 is 44.4. The van der Waals surface area contributed by atoms with Crippen LogP contribution >= 0.6 is 0 Å². The van der Waals surface area contributed by atoms with E-state index < -0.39 is 27.5 Å². The van der Waals surface area contributed by atoms with Gasteiger partial charge >= 0.3 is 5.97 Å². The van der Waals surface area contributed by atoms with Gasteiger partial charge in [-0.15, -0.1) is 0 Å². The average molecular weight is 508 g/mol. The number of carbonyl (C=O) groups is 1. The molecule has 0 fully saturated rings. The first-order valence-corrected chi connectivity index (χ1v) is 12.6. The fourth-order valence-corrected chi connectivity index (χ4v) is 5.05. The van der Waals surface area contributed by atoms with Crippen molar-refractivity contribution >= 4 is 27.0 Å². The van der Waals surface area contributed by atoms with E-state index in [2.05, 4.69) is 4.72 Å². The Morgan fingerprint density at radius 3 is 2.31 bits per heavy atom. The Labute approximate surface area is 208 Å².